The third-order valence-electron chi connectivity index (χ3n) is 3.50. The molecular formula is C18H28O2. The van der Waals surface area contributed by atoms with Crippen molar-refractivity contribution in [1.29, 1.82) is 0 Å². The molecule has 0 aromatic heterocycles. The topological polar surface area (TPSA) is 26.3 Å². The van der Waals surface area contributed by atoms with Crippen LogP contribution in [0.1, 0.15) is 76.3 Å². The molecule has 0 aliphatic carbocycles. The summed E-state index contributed by atoms with van der Waals surface area (Å²) in [6.07, 6.45) is 6.27. The minimum absolute atomic E-state index is 0.103. The summed E-state index contributed by atoms with van der Waals surface area (Å²) in [7, 11) is 0. The lowest BCUT2D eigenvalue weighted by Crippen LogP contribution is -2.09. The lowest BCUT2D eigenvalue weighted by atomic mass is 10.0. The lowest BCUT2D eigenvalue weighted by molar-refractivity contribution is -0.134. The minimum atomic E-state index is -0.103. The van der Waals surface area contributed by atoms with Crippen LogP contribution in [0.3, 0.4) is 0 Å². The Kier molecular flexibility index (Phi) is 7.35. The summed E-state index contributed by atoms with van der Waals surface area (Å²) in [6, 6.07) is 6.09. The number of ether oxygens (including phenoxy) is 1. The van der Waals surface area contributed by atoms with Gasteiger partial charge < -0.3 is 4.74 Å². The predicted molar refractivity (Wildman–Crippen MR) is 84.3 cm³/mol. The molecule has 20 heavy (non-hydrogen) atoms. The van der Waals surface area contributed by atoms with Crippen molar-refractivity contribution in [3.63, 3.8) is 0 Å². The van der Waals surface area contributed by atoms with Crippen molar-refractivity contribution in [1.82, 2.24) is 0 Å². The molecule has 112 valence electrons. The normalized spacial score (nSPS) is 10.8. The first-order valence-corrected chi connectivity index (χ1v) is 7.85. The second-order valence-electron chi connectivity index (χ2n) is 5.83. The number of hydrogen-bond acceptors (Lipinski definition) is 2. The molecule has 0 fully saturated rings. The third-order valence-corrected chi connectivity index (χ3v) is 3.50. The Labute approximate surface area is 123 Å². The van der Waals surface area contributed by atoms with Crippen LogP contribution < -0.4 is 4.74 Å². The first kappa shape index (κ1) is 16.7. The van der Waals surface area contributed by atoms with Crippen molar-refractivity contribution in [2.45, 2.75) is 72.1 Å². The minimum Gasteiger partial charge on any atom is -0.426 e. The number of unbranched alkanes of at least 4 members (excludes halogenated alkanes) is 4. The molecule has 0 atom stereocenters. The van der Waals surface area contributed by atoms with E-state index >= 15 is 0 Å². The highest BCUT2D eigenvalue weighted by Gasteiger charge is 2.12. The highest BCUT2D eigenvalue weighted by molar-refractivity contribution is 5.72. The van der Waals surface area contributed by atoms with Crippen molar-refractivity contribution in [3.05, 3.63) is 29.3 Å². The first-order valence-electron chi connectivity index (χ1n) is 7.85. The van der Waals surface area contributed by atoms with Crippen LogP contribution in [0.15, 0.2) is 18.2 Å². The van der Waals surface area contributed by atoms with Gasteiger partial charge in [-0.05, 0) is 36.5 Å². The van der Waals surface area contributed by atoms with Gasteiger partial charge in [-0.25, -0.2) is 0 Å². The summed E-state index contributed by atoms with van der Waals surface area (Å²) in [5.41, 5.74) is 2.23. The number of benzene rings is 1. The number of carbonyl (C=O) groups excluding carboxylic acids is 1. The Morgan fingerprint density at radius 1 is 1.15 bits per heavy atom. The fourth-order valence-corrected chi connectivity index (χ4v) is 2.25. The summed E-state index contributed by atoms with van der Waals surface area (Å²) in [5.74, 6) is 0.996. The van der Waals surface area contributed by atoms with E-state index in [2.05, 4.69) is 32.9 Å². The summed E-state index contributed by atoms with van der Waals surface area (Å²) < 4.78 is 5.56. The number of rotatable bonds is 8. The number of aryl methyl sites for hydroxylation is 1. The van der Waals surface area contributed by atoms with Gasteiger partial charge in [0.25, 0.3) is 0 Å². The molecule has 2 nitrogen and oxygen atoms in total. The monoisotopic (exact) mass is 276 g/mol. The van der Waals surface area contributed by atoms with Gasteiger partial charge in [0.1, 0.15) is 5.75 Å². The molecule has 0 amide bonds. The first-order chi connectivity index (χ1) is 9.54. The second-order valence-corrected chi connectivity index (χ2v) is 5.83. The van der Waals surface area contributed by atoms with E-state index in [1.54, 1.807) is 0 Å². The number of carbonyl (C=O) groups is 1. The Hall–Kier alpha value is -1.31. The molecule has 1 aromatic rings. The average molecular weight is 276 g/mol. The van der Waals surface area contributed by atoms with Crippen molar-refractivity contribution in [2.24, 2.45) is 0 Å². The van der Waals surface area contributed by atoms with Crippen molar-refractivity contribution in [2.75, 3.05) is 0 Å². The van der Waals surface area contributed by atoms with E-state index in [9.17, 15) is 4.79 Å². The van der Waals surface area contributed by atoms with Gasteiger partial charge in [0.2, 0.25) is 0 Å². The van der Waals surface area contributed by atoms with Crippen LogP contribution in [-0.2, 0) is 4.79 Å². The fourth-order valence-electron chi connectivity index (χ4n) is 2.25. The summed E-state index contributed by atoms with van der Waals surface area (Å²) in [4.78, 5) is 11.9. The van der Waals surface area contributed by atoms with Crippen molar-refractivity contribution < 1.29 is 9.53 Å². The molecule has 1 rings (SSSR count). The molecule has 0 spiro atoms. The van der Waals surface area contributed by atoms with Crippen LogP contribution in [0.5, 0.6) is 5.75 Å². The number of esters is 1. The summed E-state index contributed by atoms with van der Waals surface area (Å²) in [5, 5.41) is 0. The number of hydrogen-bond donors (Lipinski definition) is 0. The van der Waals surface area contributed by atoms with Gasteiger partial charge in [0.15, 0.2) is 0 Å². The Morgan fingerprint density at radius 3 is 2.50 bits per heavy atom. The van der Waals surface area contributed by atoms with Crippen LogP contribution in [0.25, 0.3) is 0 Å². The van der Waals surface area contributed by atoms with Crippen LogP contribution in [0.4, 0.5) is 0 Å². The van der Waals surface area contributed by atoms with Gasteiger partial charge in [-0.2, -0.15) is 0 Å². The van der Waals surface area contributed by atoms with Crippen molar-refractivity contribution >= 4 is 5.97 Å². The third kappa shape index (κ3) is 5.77. The zero-order valence-electron chi connectivity index (χ0n) is 13.4. The van der Waals surface area contributed by atoms with E-state index in [1.165, 1.54) is 19.3 Å². The van der Waals surface area contributed by atoms with E-state index in [0.717, 1.165) is 29.7 Å². The standard InChI is InChI=1S/C18H28O2/c1-5-6-7-8-9-10-18(19)20-17-13-15(4)11-12-16(17)14(2)3/h11-14H,5-10H2,1-4H3. The molecule has 0 saturated heterocycles. The maximum absolute atomic E-state index is 11.9. The zero-order chi connectivity index (χ0) is 15.0. The molecule has 0 radical (unpaired) electrons. The molecule has 0 unspecified atom stereocenters. The second kappa shape index (κ2) is 8.78. The molecular weight excluding hydrogens is 248 g/mol. The van der Waals surface area contributed by atoms with Crippen LogP contribution in [0.2, 0.25) is 0 Å². The fraction of sp³-hybridized carbons (Fsp3) is 0.611. The Morgan fingerprint density at radius 2 is 1.85 bits per heavy atom. The molecule has 0 saturated carbocycles. The maximum Gasteiger partial charge on any atom is 0.311 e. The molecule has 0 bridgehead atoms. The SMILES string of the molecule is CCCCCCCC(=O)Oc1cc(C)ccc1C(C)C. The zero-order valence-corrected chi connectivity index (χ0v) is 13.4. The van der Waals surface area contributed by atoms with Crippen LogP contribution >= 0.6 is 0 Å². The highest BCUT2D eigenvalue weighted by Crippen LogP contribution is 2.27. The van der Waals surface area contributed by atoms with Crippen LogP contribution in [0, 0.1) is 6.92 Å². The Balaban J connectivity index is 2.50. The summed E-state index contributed by atoms with van der Waals surface area (Å²) >= 11 is 0. The quantitative estimate of drug-likeness (QED) is 0.362. The lowest BCUT2D eigenvalue weighted by Gasteiger charge is -2.13. The van der Waals surface area contributed by atoms with Gasteiger partial charge in [0, 0.05) is 6.42 Å². The average Bonchev–Trinajstić information content (AvgIpc) is 2.38. The van der Waals surface area contributed by atoms with Gasteiger partial charge >= 0.3 is 5.97 Å². The van der Waals surface area contributed by atoms with Gasteiger partial charge in [-0.3, -0.25) is 4.79 Å². The van der Waals surface area contributed by atoms with Gasteiger partial charge in [0.05, 0.1) is 0 Å². The molecule has 0 aliphatic rings. The van der Waals surface area contributed by atoms with Gasteiger partial charge in [-0.15, -0.1) is 0 Å². The van der Waals surface area contributed by atoms with Gasteiger partial charge in [-0.1, -0.05) is 58.6 Å². The maximum atomic E-state index is 11.9. The van der Waals surface area contributed by atoms with E-state index in [4.69, 9.17) is 4.74 Å². The van der Waals surface area contributed by atoms with E-state index in [0.29, 0.717) is 12.3 Å². The molecule has 1 aromatic carbocycles. The molecule has 0 N–H and O–H groups in total. The van der Waals surface area contributed by atoms with E-state index in [1.807, 2.05) is 13.0 Å². The van der Waals surface area contributed by atoms with Crippen molar-refractivity contribution in [3.8, 4) is 5.75 Å². The molecule has 0 heterocycles. The largest absolute Gasteiger partial charge is 0.426 e. The van der Waals surface area contributed by atoms with E-state index < -0.39 is 0 Å². The molecule has 2 heteroatoms. The van der Waals surface area contributed by atoms with Crippen LogP contribution in [-0.4, -0.2) is 5.97 Å². The van der Waals surface area contributed by atoms with E-state index in [-0.39, 0.29) is 5.97 Å². The predicted octanol–water partition coefficient (Wildman–Crippen LogP) is 5.38. The highest BCUT2D eigenvalue weighted by atomic mass is 16.5. The smallest absolute Gasteiger partial charge is 0.311 e. The summed E-state index contributed by atoms with van der Waals surface area (Å²) in [6.45, 7) is 8.45. The molecule has 0 aliphatic heterocycles. The Bertz CT molecular complexity index is 421.